The van der Waals surface area contributed by atoms with E-state index in [0.29, 0.717) is 23.2 Å². The van der Waals surface area contributed by atoms with E-state index in [4.69, 9.17) is 4.74 Å². The summed E-state index contributed by atoms with van der Waals surface area (Å²) in [4.78, 5) is 43.3. The molecule has 3 amide bonds. The monoisotopic (exact) mass is 446 g/mol. The summed E-state index contributed by atoms with van der Waals surface area (Å²) in [7, 11) is 0. The molecule has 0 aliphatic rings. The van der Waals surface area contributed by atoms with Gasteiger partial charge in [-0.3, -0.25) is 19.3 Å². The van der Waals surface area contributed by atoms with Crippen molar-refractivity contribution in [2.75, 3.05) is 23.4 Å². The molecule has 0 aliphatic heterocycles. The summed E-state index contributed by atoms with van der Waals surface area (Å²) in [6, 6.07) is 7.07. The Balaban J connectivity index is 2.15. The molecule has 1 aromatic carbocycles. The third-order valence-corrected chi connectivity index (χ3v) is 5.35. The van der Waals surface area contributed by atoms with Crippen molar-refractivity contribution in [3.05, 3.63) is 35.8 Å². The van der Waals surface area contributed by atoms with E-state index in [9.17, 15) is 14.4 Å². The molecular formula is C22H30N4O4S. The molecule has 0 spiro atoms. The van der Waals surface area contributed by atoms with Crippen molar-refractivity contribution in [2.45, 2.75) is 52.5 Å². The van der Waals surface area contributed by atoms with Crippen LogP contribution in [0.2, 0.25) is 0 Å². The van der Waals surface area contributed by atoms with Gasteiger partial charge in [0.2, 0.25) is 17.7 Å². The average molecular weight is 447 g/mol. The second kappa shape index (κ2) is 11.5. The largest absolute Gasteiger partial charge is 0.492 e. The van der Waals surface area contributed by atoms with Gasteiger partial charge in [-0.15, -0.1) is 11.3 Å². The predicted molar refractivity (Wildman–Crippen MR) is 122 cm³/mol. The highest BCUT2D eigenvalue weighted by molar-refractivity contribution is 7.13. The Hall–Kier alpha value is -2.94. The topological polar surface area (TPSA) is 101 Å². The van der Waals surface area contributed by atoms with Crippen LogP contribution in [0.5, 0.6) is 5.75 Å². The fourth-order valence-corrected chi connectivity index (χ4v) is 3.28. The summed E-state index contributed by atoms with van der Waals surface area (Å²) in [6.45, 7) is 7.93. The first-order valence-corrected chi connectivity index (χ1v) is 11.2. The number of nitrogens with zero attached hydrogens (tertiary/aromatic N) is 2. The SMILES string of the molecule is CCOc1ccccc1N(CC(=O)NC(C)(C)CC)C(=O)CCC(=O)Nc1nccs1. The molecule has 0 bridgehead atoms. The Morgan fingerprint density at radius 1 is 1.13 bits per heavy atom. The average Bonchev–Trinajstić information content (AvgIpc) is 3.24. The Kier molecular flexibility index (Phi) is 8.99. The van der Waals surface area contributed by atoms with Crippen LogP contribution >= 0.6 is 11.3 Å². The number of hydrogen-bond acceptors (Lipinski definition) is 6. The van der Waals surface area contributed by atoms with Gasteiger partial charge >= 0.3 is 0 Å². The third kappa shape index (κ3) is 7.67. The molecule has 0 aliphatic carbocycles. The molecule has 0 radical (unpaired) electrons. The smallest absolute Gasteiger partial charge is 0.240 e. The van der Waals surface area contributed by atoms with Crippen LogP contribution in [0.3, 0.4) is 0 Å². The summed E-state index contributed by atoms with van der Waals surface area (Å²) >= 11 is 1.30. The molecule has 0 saturated heterocycles. The molecule has 2 aromatic rings. The zero-order valence-corrected chi connectivity index (χ0v) is 19.3. The second-order valence-electron chi connectivity index (χ2n) is 7.55. The Labute approximate surface area is 187 Å². The van der Waals surface area contributed by atoms with Gasteiger partial charge in [0, 0.05) is 30.0 Å². The van der Waals surface area contributed by atoms with Crippen molar-refractivity contribution in [3.63, 3.8) is 0 Å². The maximum atomic E-state index is 13.1. The summed E-state index contributed by atoms with van der Waals surface area (Å²) < 4.78 is 5.66. The number of amides is 3. The molecule has 9 heteroatoms. The number of benzene rings is 1. The lowest BCUT2D eigenvalue weighted by molar-refractivity contribution is -0.125. The standard InChI is InChI=1S/C22H30N4O4S/c1-5-22(3,4)25-19(28)15-26(16-9-7-8-10-17(16)30-6-2)20(29)12-11-18(27)24-21-23-13-14-31-21/h7-10,13-14H,5-6,11-12,15H2,1-4H3,(H,25,28)(H,23,24,27). The predicted octanol–water partition coefficient (Wildman–Crippen LogP) is 3.60. The van der Waals surface area contributed by atoms with Crippen LogP contribution in [0.1, 0.15) is 47.0 Å². The number of anilines is 2. The number of aromatic nitrogens is 1. The van der Waals surface area contributed by atoms with Crippen LogP contribution < -0.4 is 20.3 Å². The van der Waals surface area contributed by atoms with Crippen LogP contribution in [-0.2, 0) is 14.4 Å². The lowest BCUT2D eigenvalue weighted by Crippen LogP contribution is -2.48. The Morgan fingerprint density at radius 2 is 1.87 bits per heavy atom. The molecule has 1 heterocycles. The van der Waals surface area contributed by atoms with Crippen molar-refractivity contribution in [1.29, 1.82) is 0 Å². The molecule has 0 fully saturated rings. The van der Waals surface area contributed by atoms with E-state index in [-0.39, 0.29) is 37.1 Å². The van der Waals surface area contributed by atoms with E-state index in [1.807, 2.05) is 27.7 Å². The van der Waals surface area contributed by atoms with Gasteiger partial charge in [0.15, 0.2) is 5.13 Å². The molecule has 0 unspecified atom stereocenters. The van der Waals surface area contributed by atoms with Gasteiger partial charge in [-0.2, -0.15) is 0 Å². The van der Waals surface area contributed by atoms with E-state index in [0.717, 1.165) is 6.42 Å². The van der Waals surface area contributed by atoms with Crippen LogP contribution in [0.4, 0.5) is 10.8 Å². The summed E-state index contributed by atoms with van der Waals surface area (Å²) in [5.41, 5.74) is 0.109. The van der Waals surface area contributed by atoms with Gasteiger partial charge in [0.25, 0.3) is 0 Å². The molecule has 1 aromatic heterocycles. The number of carbonyl (C=O) groups excluding carboxylic acids is 3. The zero-order valence-electron chi connectivity index (χ0n) is 18.4. The molecule has 8 nitrogen and oxygen atoms in total. The molecule has 168 valence electrons. The minimum Gasteiger partial charge on any atom is -0.492 e. The molecule has 0 atom stereocenters. The number of rotatable bonds is 11. The van der Waals surface area contributed by atoms with Gasteiger partial charge in [0.1, 0.15) is 12.3 Å². The van der Waals surface area contributed by atoms with E-state index in [2.05, 4.69) is 15.6 Å². The van der Waals surface area contributed by atoms with Crippen molar-refractivity contribution in [2.24, 2.45) is 0 Å². The Morgan fingerprint density at radius 3 is 2.52 bits per heavy atom. The van der Waals surface area contributed by atoms with Crippen molar-refractivity contribution in [1.82, 2.24) is 10.3 Å². The zero-order chi connectivity index (χ0) is 22.9. The highest BCUT2D eigenvalue weighted by Gasteiger charge is 2.25. The fourth-order valence-electron chi connectivity index (χ4n) is 2.74. The highest BCUT2D eigenvalue weighted by atomic mass is 32.1. The number of nitrogens with one attached hydrogen (secondary N) is 2. The summed E-state index contributed by atoms with van der Waals surface area (Å²) in [5.74, 6) is -0.421. The Bertz CT molecular complexity index is 883. The molecule has 2 rings (SSSR count). The number of carbonyl (C=O) groups is 3. The summed E-state index contributed by atoms with van der Waals surface area (Å²) in [6.07, 6.45) is 2.27. The third-order valence-electron chi connectivity index (χ3n) is 4.66. The fraction of sp³-hybridized carbons (Fsp3) is 0.455. The van der Waals surface area contributed by atoms with Crippen molar-refractivity contribution < 1.29 is 19.1 Å². The number of thiazole rings is 1. The first-order chi connectivity index (χ1) is 14.8. The number of para-hydroxylation sites is 2. The lowest BCUT2D eigenvalue weighted by Gasteiger charge is -2.28. The first kappa shape index (κ1) is 24.3. The van der Waals surface area contributed by atoms with Crippen LogP contribution in [-0.4, -0.2) is 41.4 Å². The van der Waals surface area contributed by atoms with Crippen molar-refractivity contribution >= 4 is 39.9 Å². The summed E-state index contributed by atoms with van der Waals surface area (Å²) in [5, 5.41) is 7.85. The van der Waals surface area contributed by atoms with Crippen LogP contribution in [0.15, 0.2) is 35.8 Å². The van der Waals surface area contributed by atoms with E-state index >= 15 is 0 Å². The molecule has 0 saturated carbocycles. The van der Waals surface area contributed by atoms with Gasteiger partial charge in [0.05, 0.1) is 12.3 Å². The second-order valence-corrected chi connectivity index (χ2v) is 8.45. The van der Waals surface area contributed by atoms with E-state index in [1.54, 1.807) is 35.8 Å². The minimum atomic E-state index is -0.390. The number of ether oxygens (including phenoxy) is 1. The first-order valence-electron chi connectivity index (χ1n) is 10.3. The van der Waals surface area contributed by atoms with Crippen LogP contribution in [0.25, 0.3) is 0 Å². The highest BCUT2D eigenvalue weighted by Crippen LogP contribution is 2.29. The van der Waals surface area contributed by atoms with Gasteiger partial charge < -0.3 is 15.4 Å². The maximum Gasteiger partial charge on any atom is 0.240 e. The number of hydrogen-bond donors (Lipinski definition) is 2. The van der Waals surface area contributed by atoms with Crippen LogP contribution in [0, 0.1) is 0 Å². The normalized spacial score (nSPS) is 11.0. The molecular weight excluding hydrogens is 416 g/mol. The van der Waals surface area contributed by atoms with Gasteiger partial charge in [-0.25, -0.2) is 4.98 Å². The van der Waals surface area contributed by atoms with Crippen molar-refractivity contribution in [3.8, 4) is 5.75 Å². The van der Waals surface area contributed by atoms with Gasteiger partial charge in [-0.05, 0) is 39.3 Å². The molecule has 31 heavy (non-hydrogen) atoms. The van der Waals surface area contributed by atoms with E-state index < -0.39 is 5.54 Å². The minimum absolute atomic E-state index is 0.0201. The molecule has 2 N–H and O–H groups in total. The van der Waals surface area contributed by atoms with E-state index in [1.165, 1.54) is 16.2 Å². The van der Waals surface area contributed by atoms with Gasteiger partial charge in [-0.1, -0.05) is 19.1 Å². The quantitative estimate of drug-likeness (QED) is 0.549. The maximum absolute atomic E-state index is 13.1. The lowest BCUT2D eigenvalue weighted by atomic mass is 10.0.